The van der Waals surface area contributed by atoms with Crippen LogP contribution in [0.5, 0.6) is 0 Å². The highest BCUT2D eigenvalue weighted by Gasteiger charge is 1.98. The second kappa shape index (κ2) is 4.00. The van der Waals surface area contributed by atoms with E-state index in [1.54, 1.807) is 10.3 Å². The minimum Gasteiger partial charge on any atom is -0.211 e. The highest BCUT2D eigenvalue weighted by atomic mass is 32.9. The van der Waals surface area contributed by atoms with Crippen molar-refractivity contribution in [2.45, 2.75) is 0 Å². The Morgan fingerprint density at radius 1 is 1.08 bits per heavy atom. The summed E-state index contributed by atoms with van der Waals surface area (Å²) in [6.45, 7) is 0. The summed E-state index contributed by atoms with van der Waals surface area (Å²) in [5, 5.41) is 0. The molecule has 0 radical (unpaired) electrons. The standard InChI is InChI=1S/C9H6OS3/c10-11-9-6-8(12-13-9)7-4-2-1-3-5-7/h1-6H. The van der Waals surface area contributed by atoms with Crippen LogP contribution >= 0.6 is 20.7 Å². The van der Waals surface area contributed by atoms with Gasteiger partial charge in [0.25, 0.3) is 0 Å². The third kappa shape index (κ3) is 1.96. The predicted octanol–water partition coefficient (Wildman–Crippen LogP) is 3.22. The molecule has 0 aliphatic carbocycles. The van der Waals surface area contributed by atoms with Crippen molar-refractivity contribution < 1.29 is 4.21 Å². The van der Waals surface area contributed by atoms with Crippen molar-refractivity contribution >= 4 is 31.9 Å². The van der Waals surface area contributed by atoms with Crippen molar-refractivity contribution in [2.24, 2.45) is 0 Å². The average Bonchev–Trinajstić information content (AvgIpc) is 2.67. The van der Waals surface area contributed by atoms with E-state index in [0.717, 1.165) is 3.82 Å². The van der Waals surface area contributed by atoms with E-state index in [9.17, 15) is 4.21 Å². The molecule has 0 bridgehead atoms. The largest absolute Gasteiger partial charge is 0.211 e. The average molecular weight is 226 g/mol. The topological polar surface area (TPSA) is 17.1 Å². The van der Waals surface area contributed by atoms with Gasteiger partial charge in [0.05, 0.1) is 0 Å². The second-order valence-corrected chi connectivity index (χ2v) is 5.52. The van der Waals surface area contributed by atoms with Gasteiger partial charge in [-0.2, -0.15) is 0 Å². The molecule has 0 fully saturated rings. The Morgan fingerprint density at radius 3 is 2.46 bits per heavy atom. The monoisotopic (exact) mass is 226 g/mol. The van der Waals surface area contributed by atoms with Crippen LogP contribution in [0.25, 0.3) is 10.4 Å². The first-order valence-corrected chi connectivity index (χ1v) is 6.58. The number of hydrogen-bond donors (Lipinski definition) is 0. The third-order valence-corrected chi connectivity index (χ3v) is 4.88. The number of rotatable bonds is 1. The summed E-state index contributed by atoms with van der Waals surface area (Å²) in [6.07, 6.45) is 0. The van der Waals surface area contributed by atoms with Crippen molar-refractivity contribution in [1.29, 1.82) is 0 Å². The lowest BCUT2D eigenvalue weighted by Gasteiger charge is -1.92. The Kier molecular flexibility index (Phi) is 2.73. The Balaban J connectivity index is 2.54. The van der Waals surface area contributed by atoms with Gasteiger partial charge in [-0.25, -0.2) is 4.21 Å². The maximum Gasteiger partial charge on any atom is 0.132 e. The molecule has 0 amide bonds. The van der Waals surface area contributed by atoms with E-state index >= 15 is 0 Å². The molecular formula is C9H6OS3. The zero-order valence-corrected chi connectivity index (χ0v) is 9.05. The summed E-state index contributed by atoms with van der Waals surface area (Å²) in [4.78, 5) is 1.17. The van der Waals surface area contributed by atoms with E-state index in [1.165, 1.54) is 20.8 Å². The molecular weight excluding hydrogens is 220 g/mol. The molecule has 0 aliphatic rings. The maximum atomic E-state index is 10.5. The molecule has 0 spiro atoms. The van der Waals surface area contributed by atoms with Crippen LogP contribution in [0.3, 0.4) is 0 Å². The summed E-state index contributed by atoms with van der Waals surface area (Å²) in [7, 11) is 3.18. The summed E-state index contributed by atoms with van der Waals surface area (Å²) < 4.78 is 11.3. The summed E-state index contributed by atoms with van der Waals surface area (Å²) >= 11 is 0.563. The van der Waals surface area contributed by atoms with Gasteiger partial charge in [0, 0.05) is 4.88 Å². The molecule has 13 heavy (non-hydrogen) atoms. The fraction of sp³-hybridized carbons (Fsp3) is 0. The first-order chi connectivity index (χ1) is 6.40. The lowest BCUT2D eigenvalue weighted by molar-refractivity contribution is 0.700. The van der Waals surface area contributed by atoms with E-state index in [4.69, 9.17) is 0 Å². The van der Waals surface area contributed by atoms with Gasteiger partial charge in [-0.15, -0.1) is 0 Å². The first-order valence-electron chi connectivity index (χ1n) is 3.68. The van der Waals surface area contributed by atoms with Crippen LogP contribution in [0.15, 0.2) is 36.4 Å². The van der Waals surface area contributed by atoms with Crippen LogP contribution in [0.4, 0.5) is 0 Å². The maximum absolute atomic E-state index is 10.5. The van der Waals surface area contributed by atoms with E-state index < -0.39 is 0 Å². The fourth-order valence-electron chi connectivity index (χ4n) is 1.01. The molecule has 1 aromatic heterocycles. The van der Waals surface area contributed by atoms with E-state index in [2.05, 4.69) is 12.1 Å². The lowest BCUT2D eigenvalue weighted by Crippen LogP contribution is -1.67. The molecule has 4 heteroatoms. The first kappa shape index (κ1) is 8.87. The van der Waals surface area contributed by atoms with Gasteiger partial charge in [0.1, 0.15) is 15.1 Å². The molecule has 0 unspecified atom stereocenters. The van der Waals surface area contributed by atoms with Crippen molar-refractivity contribution in [2.75, 3.05) is 0 Å². The molecule has 0 saturated carbocycles. The van der Waals surface area contributed by atoms with Crippen molar-refractivity contribution in [3.8, 4) is 10.4 Å². The van der Waals surface area contributed by atoms with Gasteiger partial charge >= 0.3 is 0 Å². The Morgan fingerprint density at radius 2 is 1.85 bits per heavy atom. The van der Waals surface area contributed by atoms with E-state index in [0.29, 0.717) is 11.3 Å². The van der Waals surface area contributed by atoms with Crippen molar-refractivity contribution in [3.05, 3.63) is 40.2 Å². The zero-order chi connectivity index (χ0) is 9.10. The fourth-order valence-corrected chi connectivity index (χ4v) is 3.82. The molecule has 0 saturated heterocycles. The quantitative estimate of drug-likeness (QED) is 0.539. The van der Waals surface area contributed by atoms with Crippen molar-refractivity contribution in [1.82, 2.24) is 0 Å². The molecule has 0 N–H and O–H groups in total. The minimum atomic E-state index is 0.563. The van der Waals surface area contributed by atoms with Crippen LogP contribution in [-0.4, -0.2) is 4.21 Å². The third-order valence-electron chi connectivity index (χ3n) is 1.60. The Labute approximate surface area is 86.8 Å². The summed E-state index contributed by atoms with van der Waals surface area (Å²) in [5.41, 5.74) is 1.18. The molecule has 0 atom stereocenters. The molecule has 2 aromatic rings. The van der Waals surface area contributed by atoms with E-state index in [-0.39, 0.29) is 0 Å². The smallest absolute Gasteiger partial charge is 0.132 e. The van der Waals surface area contributed by atoms with Gasteiger partial charge in [0.2, 0.25) is 0 Å². The van der Waals surface area contributed by atoms with Gasteiger partial charge in [-0.05, 0) is 11.6 Å². The number of benzene rings is 1. The Hall–Kier alpha value is -0.710. The van der Waals surface area contributed by atoms with Gasteiger partial charge < -0.3 is 0 Å². The van der Waals surface area contributed by atoms with Crippen molar-refractivity contribution in [3.63, 3.8) is 0 Å². The van der Waals surface area contributed by atoms with Crippen LogP contribution in [0.1, 0.15) is 0 Å². The summed E-state index contributed by atoms with van der Waals surface area (Å²) in [6, 6.07) is 12.1. The van der Waals surface area contributed by atoms with Gasteiger partial charge in [0.15, 0.2) is 0 Å². The molecule has 0 aliphatic heterocycles. The molecule has 1 nitrogen and oxygen atoms in total. The zero-order valence-electron chi connectivity index (χ0n) is 6.60. The van der Waals surface area contributed by atoms with E-state index in [1.807, 2.05) is 24.3 Å². The van der Waals surface area contributed by atoms with Crippen LogP contribution in [0.2, 0.25) is 0 Å². The lowest BCUT2D eigenvalue weighted by atomic mass is 10.2. The highest BCUT2D eigenvalue weighted by molar-refractivity contribution is 7.74. The van der Waals surface area contributed by atoms with Gasteiger partial charge in [-0.1, -0.05) is 51.0 Å². The minimum absolute atomic E-state index is 0.563. The normalized spacial score (nSPS) is 9.85. The Bertz CT molecular complexity index is 477. The molecule has 2 rings (SSSR count). The predicted molar refractivity (Wildman–Crippen MR) is 59.0 cm³/mol. The highest BCUT2D eigenvalue weighted by Crippen LogP contribution is 2.28. The van der Waals surface area contributed by atoms with Gasteiger partial charge in [-0.3, -0.25) is 0 Å². The molecule has 66 valence electrons. The van der Waals surface area contributed by atoms with Crippen LogP contribution < -0.4 is 0 Å². The molecule has 1 heterocycles. The van der Waals surface area contributed by atoms with Crippen LogP contribution in [0, 0.1) is 3.82 Å². The second-order valence-electron chi connectivity index (χ2n) is 2.44. The summed E-state index contributed by atoms with van der Waals surface area (Å²) in [5.74, 6) is 0. The number of hydrogen-bond acceptors (Lipinski definition) is 3. The SMILES string of the molecule is O=S=c1cc(-c2ccccc2)ss1. The van der Waals surface area contributed by atoms with Crippen LogP contribution in [-0.2, 0) is 11.3 Å². The molecule has 1 aromatic carbocycles.